The van der Waals surface area contributed by atoms with Gasteiger partial charge in [-0.2, -0.15) is 0 Å². The van der Waals surface area contributed by atoms with E-state index in [4.69, 9.17) is 18.9 Å². The molecule has 184 valence electrons. The number of carbonyl (C=O) groups is 2. The van der Waals surface area contributed by atoms with Crippen LogP contribution in [0.4, 0.5) is 0 Å². The van der Waals surface area contributed by atoms with Crippen molar-refractivity contribution in [1.29, 1.82) is 0 Å². The molecule has 1 aromatic rings. The van der Waals surface area contributed by atoms with E-state index in [-0.39, 0.29) is 24.8 Å². The topological polar surface area (TPSA) is 94.5 Å². The van der Waals surface area contributed by atoms with Crippen LogP contribution < -0.4 is 0 Å². The molecule has 1 N–H and O–H groups in total. The molecule has 0 radical (unpaired) electrons. The number of rotatable bonds is 10. The van der Waals surface area contributed by atoms with Gasteiger partial charge in [-0.15, -0.1) is 0 Å². The fourth-order valence-electron chi connectivity index (χ4n) is 4.33. The largest absolute Gasteiger partial charge is 0.481 e. The number of benzene rings is 1. The van der Waals surface area contributed by atoms with Crippen molar-refractivity contribution in [3.63, 3.8) is 0 Å². The summed E-state index contributed by atoms with van der Waals surface area (Å²) >= 11 is 0. The Bertz CT molecular complexity index is 756. The van der Waals surface area contributed by atoms with Gasteiger partial charge in [0.1, 0.15) is 11.6 Å². The Kier molecular flexibility index (Phi) is 9.26. The summed E-state index contributed by atoms with van der Waals surface area (Å²) in [6.07, 6.45) is 3.07. The normalized spacial score (nSPS) is 25.0. The summed E-state index contributed by atoms with van der Waals surface area (Å²) in [5.41, 5.74) is 0.467. The molecule has 1 aliphatic carbocycles. The van der Waals surface area contributed by atoms with E-state index < -0.39 is 24.0 Å². The number of carboxylic acids is 1. The zero-order chi connectivity index (χ0) is 23.8. The van der Waals surface area contributed by atoms with Crippen molar-refractivity contribution < 1.29 is 33.6 Å². The lowest BCUT2D eigenvalue weighted by molar-refractivity contribution is -0.282. The van der Waals surface area contributed by atoms with Gasteiger partial charge in [0.15, 0.2) is 6.79 Å². The Hall–Kier alpha value is -2.00. The minimum atomic E-state index is -0.757. The van der Waals surface area contributed by atoms with Crippen molar-refractivity contribution in [2.24, 2.45) is 5.92 Å². The molecule has 0 spiro atoms. The molecule has 1 heterocycles. The van der Waals surface area contributed by atoms with Crippen LogP contribution in [0.3, 0.4) is 0 Å². The highest BCUT2D eigenvalue weighted by atomic mass is 16.8. The van der Waals surface area contributed by atoms with Crippen molar-refractivity contribution in [2.75, 3.05) is 13.3 Å². The first-order chi connectivity index (χ1) is 15.7. The molecule has 2 fully saturated rings. The molecule has 1 aromatic carbocycles. The SMILES string of the molecule is CC(C)(C)OC(=O)C1CCCN1C(OCOCc1ccccc1)OC1CCC(C(=O)O)CC1. The Labute approximate surface area is 196 Å². The number of ether oxygens (including phenoxy) is 4. The fourth-order valence-corrected chi connectivity index (χ4v) is 4.33. The fraction of sp³-hybridized carbons (Fsp3) is 0.680. The van der Waals surface area contributed by atoms with Crippen LogP contribution in [0.25, 0.3) is 0 Å². The molecule has 2 atom stereocenters. The molecule has 33 heavy (non-hydrogen) atoms. The quantitative estimate of drug-likeness (QED) is 0.317. The second kappa shape index (κ2) is 11.9. The lowest BCUT2D eigenvalue weighted by atomic mass is 9.87. The smallest absolute Gasteiger partial charge is 0.324 e. The first-order valence-corrected chi connectivity index (χ1v) is 11.8. The van der Waals surface area contributed by atoms with E-state index in [0.717, 1.165) is 12.0 Å². The van der Waals surface area contributed by atoms with Gasteiger partial charge >= 0.3 is 11.9 Å². The first kappa shape index (κ1) is 25.6. The minimum Gasteiger partial charge on any atom is -0.481 e. The van der Waals surface area contributed by atoms with Crippen LogP contribution in [0.2, 0.25) is 0 Å². The molecule has 3 rings (SSSR count). The standard InChI is InChI=1S/C25H37NO7/c1-25(2,3)33-23(29)21-10-7-15-26(21)24(31-17-30-16-18-8-5-4-6-9-18)32-20-13-11-19(12-14-20)22(27)28/h4-6,8-9,19-21,24H,7,10-17H2,1-3H3,(H,27,28). The highest BCUT2D eigenvalue weighted by molar-refractivity contribution is 5.76. The van der Waals surface area contributed by atoms with Crippen LogP contribution in [0.1, 0.15) is 64.9 Å². The molecular formula is C25H37NO7. The van der Waals surface area contributed by atoms with Gasteiger partial charge in [0.05, 0.1) is 18.6 Å². The maximum Gasteiger partial charge on any atom is 0.324 e. The van der Waals surface area contributed by atoms with Crippen molar-refractivity contribution in [2.45, 2.75) is 90.1 Å². The number of hydrogen-bond donors (Lipinski definition) is 1. The van der Waals surface area contributed by atoms with E-state index in [1.54, 1.807) is 0 Å². The predicted octanol–water partition coefficient (Wildman–Crippen LogP) is 3.93. The van der Waals surface area contributed by atoms with Crippen LogP contribution in [0, 0.1) is 5.92 Å². The van der Waals surface area contributed by atoms with Gasteiger partial charge < -0.3 is 24.1 Å². The van der Waals surface area contributed by atoms with Gasteiger partial charge in [-0.1, -0.05) is 30.3 Å². The highest BCUT2D eigenvalue weighted by Crippen LogP contribution is 2.30. The number of esters is 1. The number of nitrogens with zero attached hydrogens (tertiary/aromatic N) is 1. The van der Waals surface area contributed by atoms with E-state index in [9.17, 15) is 14.7 Å². The first-order valence-electron chi connectivity index (χ1n) is 11.8. The lowest BCUT2D eigenvalue weighted by Crippen LogP contribution is -2.49. The Morgan fingerprint density at radius 1 is 1.09 bits per heavy atom. The average molecular weight is 464 g/mol. The number of hydrogen-bond acceptors (Lipinski definition) is 7. The lowest BCUT2D eigenvalue weighted by Gasteiger charge is -2.36. The van der Waals surface area contributed by atoms with Crippen molar-refractivity contribution in [3.05, 3.63) is 35.9 Å². The van der Waals surface area contributed by atoms with Gasteiger partial charge in [0, 0.05) is 6.54 Å². The van der Waals surface area contributed by atoms with Gasteiger partial charge in [-0.3, -0.25) is 9.59 Å². The van der Waals surface area contributed by atoms with Crippen LogP contribution in [0.15, 0.2) is 30.3 Å². The van der Waals surface area contributed by atoms with Gasteiger partial charge in [0.25, 0.3) is 0 Å². The van der Waals surface area contributed by atoms with Crippen LogP contribution in [-0.4, -0.2) is 59.4 Å². The number of carboxylic acid groups (broad SMARTS) is 1. The summed E-state index contributed by atoms with van der Waals surface area (Å²) < 4.78 is 23.6. The van der Waals surface area contributed by atoms with Gasteiger partial charge in [-0.05, 0) is 64.9 Å². The van der Waals surface area contributed by atoms with E-state index in [0.29, 0.717) is 45.3 Å². The molecule has 0 bridgehead atoms. The zero-order valence-corrected chi connectivity index (χ0v) is 19.9. The summed E-state index contributed by atoms with van der Waals surface area (Å²) in [5.74, 6) is -1.35. The van der Waals surface area contributed by atoms with Crippen molar-refractivity contribution >= 4 is 11.9 Å². The summed E-state index contributed by atoms with van der Waals surface area (Å²) in [6, 6.07) is 9.37. The zero-order valence-electron chi connectivity index (χ0n) is 19.9. The van der Waals surface area contributed by atoms with E-state index >= 15 is 0 Å². The third kappa shape index (κ3) is 8.07. The van der Waals surface area contributed by atoms with Gasteiger partial charge in [0.2, 0.25) is 6.41 Å². The molecule has 1 saturated carbocycles. The molecule has 2 aliphatic rings. The molecule has 1 aliphatic heterocycles. The molecule has 8 nitrogen and oxygen atoms in total. The van der Waals surface area contributed by atoms with Crippen molar-refractivity contribution in [1.82, 2.24) is 4.90 Å². The Balaban J connectivity index is 1.61. The van der Waals surface area contributed by atoms with Crippen LogP contribution in [0.5, 0.6) is 0 Å². The molecule has 8 heteroatoms. The van der Waals surface area contributed by atoms with Crippen LogP contribution in [-0.2, 0) is 35.1 Å². The molecule has 0 aromatic heterocycles. The molecule has 0 amide bonds. The third-order valence-electron chi connectivity index (χ3n) is 5.98. The summed E-state index contributed by atoms with van der Waals surface area (Å²) in [5, 5.41) is 9.26. The average Bonchev–Trinajstić information content (AvgIpc) is 3.26. The molecule has 1 saturated heterocycles. The number of carbonyl (C=O) groups excluding carboxylic acids is 1. The second-order valence-corrected chi connectivity index (χ2v) is 9.80. The minimum absolute atomic E-state index is 0.0154. The maximum absolute atomic E-state index is 12.8. The Morgan fingerprint density at radius 2 is 1.79 bits per heavy atom. The van der Waals surface area contributed by atoms with Crippen LogP contribution >= 0.6 is 0 Å². The van der Waals surface area contributed by atoms with Gasteiger partial charge in [-0.25, -0.2) is 4.90 Å². The molecule has 2 unspecified atom stereocenters. The third-order valence-corrected chi connectivity index (χ3v) is 5.98. The van der Waals surface area contributed by atoms with E-state index in [1.165, 1.54) is 0 Å². The summed E-state index contributed by atoms with van der Waals surface area (Å²) in [6.45, 7) is 6.64. The van der Waals surface area contributed by atoms with E-state index in [2.05, 4.69) is 0 Å². The van der Waals surface area contributed by atoms with Crippen molar-refractivity contribution in [3.8, 4) is 0 Å². The summed E-state index contributed by atoms with van der Waals surface area (Å²) in [7, 11) is 0. The monoisotopic (exact) mass is 463 g/mol. The predicted molar refractivity (Wildman–Crippen MR) is 121 cm³/mol. The Morgan fingerprint density at radius 3 is 2.42 bits per heavy atom. The van der Waals surface area contributed by atoms with E-state index in [1.807, 2.05) is 56.0 Å². The second-order valence-electron chi connectivity index (χ2n) is 9.80. The highest BCUT2D eigenvalue weighted by Gasteiger charge is 2.40. The number of aliphatic carboxylic acids is 1. The molecular weight excluding hydrogens is 426 g/mol. The number of likely N-dealkylation sites (tertiary alicyclic amines) is 1. The maximum atomic E-state index is 12.8. The summed E-state index contributed by atoms with van der Waals surface area (Å²) in [4.78, 5) is 26.0.